The summed E-state index contributed by atoms with van der Waals surface area (Å²) in [5, 5.41) is 8.00. The van der Waals surface area contributed by atoms with Crippen LogP contribution in [0.3, 0.4) is 0 Å². The Balaban J connectivity index is 1.49. The number of aromatic nitrogens is 2. The van der Waals surface area contributed by atoms with Crippen molar-refractivity contribution >= 4 is 29.3 Å². The van der Waals surface area contributed by atoms with Gasteiger partial charge in [0.2, 0.25) is 11.8 Å². The lowest BCUT2D eigenvalue weighted by Crippen LogP contribution is -2.33. The lowest BCUT2D eigenvalue weighted by Gasteiger charge is -2.09. The molecule has 3 aromatic rings. The molecule has 0 bridgehead atoms. The summed E-state index contributed by atoms with van der Waals surface area (Å²) in [6.07, 6.45) is 5.36. The first kappa shape index (κ1) is 23.2. The number of carbonyl (C=O) groups is 4. The zero-order valence-electron chi connectivity index (χ0n) is 17.8. The molecule has 0 aliphatic rings. The molecule has 1 aromatic heterocycles. The fourth-order valence-electron chi connectivity index (χ4n) is 2.94. The highest BCUT2D eigenvalue weighted by molar-refractivity contribution is 5.97. The van der Waals surface area contributed by atoms with Gasteiger partial charge in [-0.05, 0) is 35.9 Å². The van der Waals surface area contributed by atoms with E-state index >= 15 is 0 Å². The van der Waals surface area contributed by atoms with Gasteiger partial charge in [-0.3, -0.25) is 19.2 Å². The van der Waals surface area contributed by atoms with E-state index in [0.29, 0.717) is 23.4 Å². The Kier molecular flexibility index (Phi) is 7.90. The van der Waals surface area contributed by atoms with Crippen molar-refractivity contribution in [3.63, 3.8) is 0 Å². The summed E-state index contributed by atoms with van der Waals surface area (Å²) in [7, 11) is 0. The standard InChI is InChI=1S/C23H24N6O4/c24-20(30)14-27-22(32)17-6-4-16(5-7-17)13-26-23(33)18-2-1-3-19(12-18)28-21(31)8-10-29-11-9-25-15-29/h1-7,9,11-12,15H,8,10,13-14H2,(H2,24,30)(H,26,33)(H,27,32)(H,28,31). The molecule has 0 spiro atoms. The van der Waals surface area contributed by atoms with E-state index in [1.807, 2.05) is 4.57 Å². The van der Waals surface area contributed by atoms with Crippen molar-refractivity contribution in [2.24, 2.45) is 5.73 Å². The van der Waals surface area contributed by atoms with Crippen LogP contribution < -0.4 is 21.7 Å². The summed E-state index contributed by atoms with van der Waals surface area (Å²) in [5.41, 5.74) is 7.11. The van der Waals surface area contributed by atoms with Gasteiger partial charge in [0.05, 0.1) is 12.9 Å². The molecule has 0 aliphatic carbocycles. The van der Waals surface area contributed by atoms with E-state index in [1.54, 1.807) is 67.3 Å². The number of carbonyl (C=O) groups excluding carboxylic acids is 4. The average Bonchev–Trinajstić information content (AvgIpc) is 3.34. The summed E-state index contributed by atoms with van der Waals surface area (Å²) in [6.45, 7) is 0.530. The van der Waals surface area contributed by atoms with Gasteiger partial charge >= 0.3 is 0 Å². The molecule has 0 aliphatic heterocycles. The third-order valence-corrected chi connectivity index (χ3v) is 4.66. The summed E-state index contributed by atoms with van der Waals surface area (Å²) in [4.78, 5) is 51.2. The number of amides is 4. The van der Waals surface area contributed by atoms with Crippen LogP contribution in [-0.4, -0.2) is 39.7 Å². The fourth-order valence-corrected chi connectivity index (χ4v) is 2.94. The SMILES string of the molecule is NC(=O)CNC(=O)c1ccc(CNC(=O)c2cccc(NC(=O)CCn3ccnc3)c2)cc1. The predicted molar refractivity (Wildman–Crippen MR) is 121 cm³/mol. The van der Waals surface area contributed by atoms with Gasteiger partial charge in [0.25, 0.3) is 11.8 Å². The lowest BCUT2D eigenvalue weighted by atomic mass is 10.1. The number of hydrogen-bond donors (Lipinski definition) is 4. The Hall–Kier alpha value is -4.47. The Bertz CT molecular complexity index is 1130. The normalized spacial score (nSPS) is 10.3. The molecule has 0 radical (unpaired) electrons. The van der Waals surface area contributed by atoms with E-state index in [2.05, 4.69) is 20.9 Å². The Morgan fingerprint density at radius 2 is 1.70 bits per heavy atom. The molecule has 10 heteroatoms. The van der Waals surface area contributed by atoms with Crippen molar-refractivity contribution < 1.29 is 19.2 Å². The number of benzene rings is 2. The van der Waals surface area contributed by atoms with Gasteiger partial charge in [-0.15, -0.1) is 0 Å². The minimum atomic E-state index is -0.624. The molecule has 0 unspecified atom stereocenters. The highest BCUT2D eigenvalue weighted by Gasteiger charge is 2.10. The van der Waals surface area contributed by atoms with Gasteiger partial charge in [-0.25, -0.2) is 4.98 Å². The van der Waals surface area contributed by atoms with Crippen LogP contribution in [0.1, 0.15) is 32.7 Å². The van der Waals surface area contributed by atoms with Gasteiger partial charge in [0.1, 0.15) is 0 Å². The van der Waals surface area contributed by atoms with Crippen molar-refractivity contribution in [2.75, 3.05) is 11.9 Å². The second-order valence-corrected chi connectivity index (χ2v) is 7.21. The van der Waals surface area contributed by atoms with Crippen LogP contribution in [0.2, 0.25) is 0 Å². The van der Waals surface area contributed by atoms with E-state index < -0.39 is 11.8 Å². The number of primary amides is 1. The van der Waals surface area contributed by atoms with Crippen molar-refractivity contribution in [2.45, 2.75) is 19.5 Å². The van der Waals surface area contributed by atoms with Gasteiger partial charge in [-0.1, -0.05) is 18.2 Å². The number of hydrogen-bond acceptors (Lipinski definition) is 5. The zero-order chi connectivity index (χ0) is 23.6. The molecular weight excluding hydrogens is 424 g/mol. The molecular formula is C23H24N6O4. The van der Waals surface area contributed by atoms with Crippen molar-refractivity contribution in [3.05, 3.63) is 83.9 Å². The van der Waals surface area contributed by atoms with Crippen LogP contribution in [0.5, 0.6) is 0 Å². The van der Waals surface area contributed by atoms with Crippen LogP contribution in [0, 0.1) is 0 Å². The van der Waals surface area contributed by atoms with Crippen LogP contribution in [0.25, 0.3) is 0 Å². The molecule has 4 amide bonds. The summed E-state index contributed by atoms with van der Waals surface area (Å²) in [6, 6.07) is 13.3. The molecule has 33 heavy (non-hydrogen) atoms. The minimum Gasteiger partial charge on any atom is -0.368 e. The average molecular weight is 448 g/mol. The molecule has 170 valence electrons. The molecule has 0 fully saturated rings. The smallest absolute Gasteiger partial charge is 0.251 e. The second kappa shape index (κ2) is 11.2. The van der Waals surface area contributed by atoms with Gasteiger partial charge in [0.15, 0.2) is 0 Å². The van der Waals surface area contributed by atoms with E-state index in [9.17, 15) is 19.2 Å². The Labute approximate surface area is 190 Å². The fraction of sp³-hybridized carbons (Fsp3) is 0.174. The van der Waals surface area contributed by atoms with Crippen LogP contribution >= 0.6 is 0 Å². The van der Waals surface area contributed by atoms with E-state index in [-0.39, 0.29) is 31.3 Å². The first-order valence-corrected chi connectivity index (χ1v) is 10.2. The van der Waals surface area contributed by atoms with Crippen molar-refractivity contribution in [1.29, 1.82) is 0 Å². The van der Waals surface area contributed by atoms with Crippen molar-refractivity contribution in [1.82, 2.24) is 20.2 Å². The number of nitrogens with one attached hydrogen (secondary N) is 3. The minimum absolute atomic E-state index is 0.166. The molecule has 1 heterocycles. The lowest BCUT2D eigenvalue weighted by molar-refractivity contribution is -0.117. The molecule has 0 atom stereocenters. The molecule has 2 aromatic carbocycles. The Morgan fingerprint density at radius 1 is 0.939 bits per heavy atom. The van der Waals surface area contributed by atoms with E-state index in [0.717, 1.165) is 5.56 Å². The number of nitrogens with zero attached hydrogens (tertiary/aromatic N) is 2. The maximum absolute atomic E-state index is 12.5. The van der Waals surface area contributed by atoms with Gasteiger partial charge < -0.3 is 26.3 Å². The van der Waals surface area contributed by atoms with Gasteiger partial charge in [0, 0.05) is 48.7 Å². The molecule has 10 nitrogen and oxygen atoms in total. The second-order valence-electron chi connectivity index (χ2n) is 7.21. The monoisotopic (exact) mass is 448 g/mol. The number of aryl methyl sites for hydroxylation is 1. The third kappa shape index (κ3) is 7.31. The molecule has 5 N–H and O–H groups in total. The number of imidazole rings is 1. The van der Waals surface area contributed by atoms with Gasteiger partial charge in [-0.2, -0.15) is 0 Å². The van der Waals surface area contributed by atoms with Crippen LogP contribution in [-0.2, 0) is 22.7 Å². The van der Waals surface area contributed by atoms with Crippen LogP contribution in [0.4, 0.5) is 5.69 Å². The van der Waals surface area contributed by atoms with Crippen LogP contribution in [0.15, 0.2) is 67.3 Å². The molecule has 3 rings (SSSR count). The van der Waals surface area contributed by atoms with E-state index in [4.69, 9.17) is 5.73 Å². The van der Waals surface area contributed by atoms with Crippen molar-refractivity contribution in [3.8, 4) is 0 Å². The maximum atomic E-state index is 12.5. The summed E-state index contributed by atoms with van der Waals surface area (Å²) >= 11 is 0. The summed E-state index contributed by atoms with van der Waals surface area (Å²) < 4.78 is 1.81. The Morgan fingerprint density at radius 3 is 2.39 bits per heavy atom. The first-order chi connectivity index (χ1) is 15.9. The quantitative estimate of drug-likeness (QED) is 0.366. The highest BCUT2D eigenvalue weighted by atomic mass is 16.2. The highest BCUT2D eigenvalue weighted by Crippen LogP contribution is 2.12. The molecule has 0 saturated carbocycles. The number of rotatable bonds is 10. The number of anilines is 1. The maximum Gasteiger partial charge on any atom is 0.251 e. The summed E-state index contributed by atoms with van der Waals surface area (Å²) in [5.74, 6) is -1.50. The third-order valence-electron chi connectivity index (χ3n) is 4.66. The largest absolute Gasteiger partial charge is 0.368 e. The topological polar surface area (TPSA) is 148 Å². The predicted octanol–water partition coefficient (Wildman–Crippen LogP) is 1.06. The first-order valence-electron chi connectivity index (χ1n) is 10.2. The number of nitrogens with two attached hydrogens (primary N) is 1. The van der Waals surface area contributed by atoms with E-state index in [1.165, 1.54) is 0 Å². The zero-order valence-corrected chi connectivity index (χ0v) is 17.8. The molecule has 0 saturated heterocycles.